The molecular weight excluding hydrogens is 294 g/mol. The molecule has 0 saturated heterocycles. The first-order valence-corrected chi connectivity index (χ1v) is 8.13. The molecular formula is C12H16F2O5S. The monoisotopic (exact) mass is 310 g/mol. The minimum absolute atomic E-state index is 0.0273. The van der Waals surface area contributed by atoms with E-state index in [0.717, 1.165) is 12.8 Å². The van der Waals surface area contributed by atoms with Crippen LogP contribution in [0.15, 0.2) is 0 Å². The molecule has 4 aliphatic carbocycles. The van der Waals surface area contributed by atoms with E-state index >= 15 is 0 Å². The quantitative estimate of drug-likeness (QED) is 0.796. The highest BCUT2D eigenvalue weighted by Crippen LogP contribution is 2.53. The Labute approximate surface area is 115 Å². The summed E-state index contributed by atoms with van der Waals surface area (Å²) in [5.74, 6) is 0.219. The predicted molar refractivity (Wildman–Crippen MR) is 63.7 cm³/mol. The molecule has 4 aliphatic rings. The molecule has 114 valence electrons. The number of alkyl halides is 2. The Morgan fingerprint density at radius 3 is 2.60 bits per heavy atom. The van der Waals surface area contributed by atoms with E-state index in [2.05, 4.69) is 0 Å². The zero-order valence-corrected chi connectivity index (χ0v) is 11.5. The summed E-state index contributed by atoms with van der Waals surface area (Å²) in [6.45, 7) is -1.40. The largest absolute Gasteiger partial charge is 0.392 e. The molecule has 5 atom stereocenters. The van der Waals surface area contributed by atoms with Crippen LogP contribution in [0.1, 0.15) is 25.7 Å². The number of carbonyl (C=O) groups is 1. The summed E-state index contributed by atoms with van der Waals surface area (Å²) in [4.78, 5) is 12.1. The molecule has 4 bridgehead atoms. The van der Waals surface area contributed by atoms with Crippen molar-refractivity contribution in [2.75, 3.05) is 6.61 Å². The fraction of sp³-hybridized carbons (Fsp3) is 0.917. The van der Waals surface area contributed by atoms with E-state index in [1.807, 2.05) is 0 Å². The summed E-state index contributed by atoms with van der Waals surface area (Å²) in [5.41, 5.74) is 0. The third-order valence-corrected chi connectivity index (χ3v) is 5.75. The Hall–Kier alpha value is -0.600. The van der Waals surface area contributed by atoms with Gasteiger partial charge in [0.2, 0.25) is 0 Å². The van der Waals surface area contributed by atoms with Gasteiger partial charge in [0, 0.05) is 11.8 Å². The maximum Gasteiger partial charge on any atom is 0.392 e. The van der Waals surface area contributed by atoms with Crippen molar-refractivity contribution >= 4 is 15.9 Å². The second kappa shape index (κ2) is 4.45. The van der Waals surface area contributed by atoms with E-state index in [0.29, 0.717) is 18.8 Å². The van der Waals surface area contributed by atoms with Gasteiger partial charge in [0.05, 0.1) is 6.10 Å². The average Bonchev–Trinajstić information content (AvgIpc) is 2.32. The molecule has 1 N–H and O–H groups in total. The molecule has 0 aliphatic heterocycles. The number of ketones is 1. The van der Waals surface area contributed by atoms with Crippen molar-refractivity contribution in [2.24, 2.45) is 23.7 Å². The second-order valence-corrected chi connectivity index (χ2v) is 7.71. The molecule has 0 amide bonds. The Kier molecular flexibility index (Phi) is 3.19. The van der Waals surface area contributed by atoms with E-state index in [4.69, 9.17) is 9.29 Å². The first-order valence-electron chi connectivity index (χ1n) is 6.69. The van der Waals surface area contributed by atoms with Crippen molar-refractivity contribution in [1.29, 1.82) is 0 Å². The lowest BCUT2D eigenvalue weighted by Gasteiger charge is -2.52. The van der Waals surface area contributed by atoms with Crippen LogP contribution in [0.3, 0.4) is 0 Å². The first kappa shape index (κ1) is 14.3. The molecule has 0 radical (unpaired) electrons. The third kappa shape index (κ3) is 2.17. The summed E-state index contributed by atoms with van der Waals surface area (Å²) < 4.78 is 61.0. The van der Waals surface area contributed by atoms with Gasteiger partial charge in [-0.1, -0.05) is 0 Å². The van der Waals surface area contributed by atoms with Crippen molar-refractivity contribution < 1.29 is 31.3 Å². The minimum atomic E-state index is -5.49. The third-order valence-electron chi connectivity index (χ3n) is 4.88. The molecule has 4 saturated carbocycles. The van der Waals surface area contributed by atoms with Crippen LogP contribution in [0, 0.1) is 23.7 Å². The maximum absolute atomic E-state index is 13.2. The van der Waals surface area contributed by atoms with E-state index < -0.39 is 28.1 Å². The van der Waals surface area contributed by atoms with Crippen molar-refractivity contribution in [3.8, 4) is 0 Å². The summed E-state index contributed by atoms with van der Waals surface area (Å²) in [7, 11) is -5.49. The molecule has 0 aromatic heterocycles. The summed E-state index contributed by atoms with van der Waals surface area (Å²) in [6.07, 6.45) is 2.40. The molecule has 0 aromatic carbocycles. The normalized spacial score (nSPS) is 40.4. The van der Waals surface area contributed by atoms with Crippen LogP contribution in [0.5, 0.6) is 0 Å². The van der Waals surface area contributed by atoms with E-state index in [1.54, 1.807) is 0 Å². The molecule has 4 rings (SSSR count). The predicted octanol–water partition coefficient (Wildman–Crippen LogP) is 1.49. The van der Waals surface area contributed by atoms with Gasteiger partial charge in [-0.15, -0.1) is 0 Å². The summed E-state index contributed by atoms with van der Waals surface area (Å²) in [6, 6.07) is 0. The van der Waals surface area contributed by atoms with Gasteiger partial charge in [-0.05, 0) is 37.5 Å². The summed E-state index contributed by atoms with van der Waals surface area (Å²) >= 11 is 0. The van der Waals surface area contributed by atoms with Crippen LogP contribution in [0.4, 0.5) is 8.78 Å². The fourth-order valence-corrected chi connectivity index (χ4v) is 4.32. The number of Topliss-reactive ketones (excluding diaryl/α,β-unsaturated/α-hetero) is 1. The van der Waals surface area contributed by atoms with Gasteiger partial charge >= 0.3 is 15.4 Å². The molecule has 0 heterocycles. The SMILES string of the molecule is O=C1C2CC3CC(C2)C(OCC(F)(F)S(=O)(=O)O)C1C3. The Balaban J connectivity index is 1.71. The van der Waals surface area contributed by atoms with Gasteiger partial charge in [0.25, 0.3) is 0 Å². The molecule has 8 heteroatoms. The molecule has 0 spiro atoms. The van der Waals surface area contributed by atoms with Crippen molar-refractivity contribution in [3.63, 3.8) is 0 Å². The maximum atomic E-state index is 13.2. The fourth-order valence-electron chi connectivity index (χ4n) is 4.10. The lowest BCUT2D eigenvalue weighted by atomic mass is 9.54. The number of halogens is 2. The number of hydrogen-bond acceptors (Lipinski definition) is 4. The highest BCUT2D eigenvalue weighted by atomic mass is 32.2. The average molecular weight is 310 g/mol. The van der Waals surface area contributed by atoms with Crippen LogP contribution in [0.25, 0.3) is 0 Å². The lowest BCUT2D eigenvalue weighted by molar-refractivity contribution is -0.170. The van der Waals surface area contributed by atoms with Crippen LogP contribution in [-0.2, 0) is 19.6 Å². The Morgan fingerprint density at radius 1 is 1.25 bits per heavy atom. The zero-order chi connectivity index (χ0) is 14.7. The van der Waals surface area contributed by atoms with Gasteiger partial charge in [-0.25, -0.2) is 0 Å². The van der Waals surface area contributed by atoms with Crippen LogP contribution >= 0.6 is 0 Å². The molecule has 4 fully saturated rings. The Morgan fingerprint density at radius 2 is 1.95 bits per heavy atom. The van der Waals surface area contributed by atoms with E-state index in [1.165, 1.54) is 0 Å². The van der Waals surface area contributed by atoms with Gasteiger partial charge in [0.15, 0.2) is 0 Å². The smallest absolute Gasteiger partial charge is 0.370 e. The molecule has 5 unspecified atom stereocenters. The second-order valence-electron chi connectivity index (χ2n) is 6.16. The molecule has 20 heavy (non-hydrogen) atoms. The van der Waals surface area contributed by atoms with E-state index in [-0.39, 0.29) is 23.5 Å². The Bertz CT molecular complexity index is 532. The van der Waals surface area contributed by atoms with Crippen molar-refractivity contribution in [1.82, 2.24) is 0 Å². The molecule has 0 aromatic rings. The first-order chi connectivity index (χ1) is 9.19. The lowest BCUT2D eigenvalue weighted by Crippen LogP contribution is -2.55. The van der Waals surface area contributed by atoms with Crippen LogP contribution in [-0.4, -0.2) is 36.7 Å². The van der Waals surface area contributed by atoms with Gasteiger partial charge < -0.3 is 4.74 Å². The number of carbonyl (C=O) groups excluding carboxylic acids is 1. The topological polar surface area (TPSA) is 80.7 Å². The van der Waals surface area contributed by atoms with Crippen LogP contribution < -0.4 is 0 Å². The minimum Gasteiger partial charge on any atom is -0.370 e. The standard InChI is InChI=1S/C12H16F2O5S/c13-12(14,20(16,17)18)5-19-11-8-2-6-1-7(4-8)10(15)9(11)3-6/h6-9,11H,1-5H2,(H,16,17,18). The number of ether oxygens (including phenoxy) is 1. The van der Waals surface area contributed by atoms with Crippen molar-refractivity contribution in [3.05, 3.63) is 0 Å². The van der Waals surface area contributed by atoms with Crippen LogP contribution in [0.2, 0.25) is 0 Å². The van der Waals surface area contributed by atoms with Gasteiger partial charge in [0.1, 0.15) is 12.4 Å². The van der Waals surface area contributed by atoms with E-state index in [9.17, 15) is 22.0 Å². The summed E-state index contributed by atoms with van der Waals surface area (Å²) in [5, 5.41) is -4.33. The van der Waals surface area contributed by atoms with Crippen molar-refractivity contribution in [2.45, 2.75) is 37.0 Å². The molecule has 5 nitrogen and oxygen atoms in total. The zero-order valence-electron chi connectivity index (χ0n) is 10.7. The number of hydrogen-bond donors (Lipinski definition) is 1. The highest BCUT2D eigenvalue weighted by molar-refractivity contribution is 7.86. The highest BCUT2D eigenvalue weighted by Gasteiger charge is 2.55. The number of rotatable bonds is 4. The van der Waals surface area contributed by atoms with Gasteiger partial charge in [-0.3, -0.25) is 9.35 Å². The van der Waals surface area contributed by atoms with Gasteiger partial charge in [-0.2, -0.15) is 17.2 Å².